The van der Waals surface area contributed by atoms with E-state index in [1.807, 2.05) is 26.0 Å². The van der Waals surface area contributed by atoms with Crippen LogP contribution in [0.15, 0.2) is 22.7 Å². The highest BCUT2D eigenvalue weighted by molar-refractivity contribution is 9.10. The molecule has 1 aromatic carbocycles. The molecule has 4 unspecified atom stereocenters. The third-order valence-corrected chi connectivity index (χ3v) is 6.17. The Hall–Kier alpha value is -2.60. The molecule has 0 spiro atoms. The molecule has 2 heterocycles. The van der Waals surface area contributed by atoms with E-state index in [-0.39, 0.29) is 0 Å². The number of nitrogens with zero attached hydrogens (tertiary/aromatic N) is 3. The van der Waals surface area contributed by atoms with Gasteiger partial charge in [-0.15, -0.1) is 0 Å². The molecular weight excluding hydrogens is 424 g/mol. The highest BCUT2D eigenvalue weighted by atomic mass is 79.9. The third-order valence-electron chi connectivity index (χ3n) is 5.68. The Kier molecular flexibility index (Phi) is 4.88. The van der Waals surface area contributed by atoms with Gasteiger partial charge in [-0.2, -0.15) is 15.8 Å². The molecule has 0 aromatic heterocycles. The summed E-state index contributed by atoms with van der Waals surface area (Å²) < 4.78 is 18.3. The van der Waals surface area contributed by atoms with Gasteiger partial charge in [-0.1, -0.05) is 22.9 Å². The van der Waals surface area contributed by atoms with Crippen LogP contribution in [0.25, 0.3) is 0 Å². The molecule has 0 radical (unpaired) electrons. The maximum Gasteiger partial charge on any atom is 0.214 e. The maximum atomic E-state index is 10.2. The van der Waals surface area contributed by atoms with Gasteiger partial charge in [0.15, 0.2) is 5.41 Å². The van der Waals surface area contributed by atoms with Crippen LogP contribution in [0.2, 0.25) is 0 Å². The Morgan fingerprint density at radius 3 is 2.43 bits per heavy atom. The molecule has 0 aliphatic carbocycles. The van der Waals surface area contributed by atoms with Crippen molar-refractivity contribution in [1.29, 1.82) is 21.2 Å². The van der Waals surface area contributed by atoms with E-state index in [2.05, 4.69) is 22.0 Å². The van der Waals surface area contributed by atoms with Gasteiger partial charge < -0.3 is 14.2 Å². The summed E-state index contributed by atoms with van der Waals surface area (Å²) in [4.78, 5) is 0. The molecule has 2 fully saturated rings. The average molecular weight is 443 g/mol. The topological polar surface area (TPSA) is 123 Å². The Bertz CT molecular complexity index is 946. The molecule has 3 rings (SSSR count). The second-order valence-corrected chi connectivity index (χ2v) is 7.89. The van der Waals surface area contributed by atoms with Crippen molar-refractivity contribution in [2.24, 2.45) is 16.7 Å². The minimum Gasteiger partial charge on any atom is -0.493 e. The van der Waals surface area contributed by atoms with Crippen molar-refractivity contribution in [3.63, 3.8) is 0 Å². The molecule has 2 saturated heterocycles. The lowest BCUT2D eigenvalue weighted by molar-refractivity contribution is -0.273. The van der Waals surface area contributed by atoms with Crippen LogP contribution in [-0.2, 0) is 9.47 Å². The van der Waals surface area contributed by atoms with E-state index >= 15 is 0 Å². The number of hydrogen-bond donors (Lipinski definition) is 1. The molecule has 144 valence electrons. The number of ether oxygens (including phenoxy) is 3. The van der Waals surface area contributed by atoms with Crippen LogP contribution in [0, 0.1) is 56.2 Å². The average Bonchev–Trinajstić information content (AvgIpc) is 2.85. The first-order valence-corrected chi connectivity index (χ1v) is 9.71. The van der Waals surface area contributed by atoms with Gasteiger partial charge in [0.1, 0.15) is 11.9 Å². The molecule has 2 aliphatic rings. The van der Waals surface area contributed by atoms with Crippen molar-refractivity contribution in [2.75, 3.05) is 6.61 Å². The van der Waals surface area contributed by atoms with Crippen LogP contribution in [0.1, 0.15) is 38.9 Å². The molecular formula is C20H19BrN4O3. The van der Waals surface area contributed by atoms with E-state index < -0.39 is 34.5 Å². The molecule has 0 amide bonds. The lowest BCUT2D eigenvalue weighted by Crippen LogP contribution is -2.58. The maximum absolute atomic E-state index is 10.2. The number of benzene rings is 1. The van der Waals surface area contributed by atoms with Gasteiger partial charge in [-0.05, 0) is 31.5 Å². The van der Waals surface area contributed by atoms with Gasteiger partial charge in [0.05, 0.1) is 30.7 Å². The predicted octanol–water partition coefficient (Wildman–Crippen LogP) is 4.21. The zero-order chi connectivity index (χ0) is 20.7. The number of nitrogens with one attached hydrogen (secondary N) is 1. The van der Waals surface area contributed by atoms with Gasteiger partial charge in [0.25, 0.3) is 0 Å². The van der Waals surface area contributed by atoms with Crippen molar-refractivity contribution >= 4 is 21.8 Å². The smallest absolute Gasteiger partial charge is 0.214 e. The molecule has 1 aromatic rings. The predicted molar refractivity (Wildman–Crippen MR) is 102 cm³/mol. The minimum absolute atomic E-state index is 0.373. The number of fused-ring (bicyclic) bond motifs is 2. The van der Waals surface area contributed by atoms with E-state index in [1.54, 1.807) is 25.1 Å². The molecule has 8 heteroatoms. The van der Waals surface area contributed by atoms with Crippen LogP contribution in [-0.4, -0.2) is 18.3 Å². The second kappa shape index (κ2) is 6.78. The summed E-state index contributed by atoms with van der Waals surface area (Å²) in [5.74, 6) is -1.91. The molecule has 28 heavy (non-hydrogen) atoms. The standard InChI is InChI=1S/C20H19BrN4O3/c1-4-15-18(3)27-16(13-8-12(21)6-7-14(13)26-5-2)19(9-22,10-23)20(15,11-24)17(25)28-18/h6-8,15-16,25H,4-5H2,1-3H3. The Balaban J connectivity index is 2.36. The van der Waals surface area contributed by atoms with Crippen molar-refractivity contribution in [1.82, 2.24) is 0 Å². The number of rotatable bonds is 4. The summed E-state index contributed by atoms with van der Waals surface area (Å²) in [6, 6.07) is 11.4. The normalized spacial score (nSPS) is 32.5. The molecule has 1 N–H and O–H groups in total. The van der Waals surface area contributed by atoms with E-state index in [9.17, 15) is 15.8 Å². The zero-order valence-corrected chi connectivity index (χ0v) is 17.3. The third kappa shape index (κ3) is 2.30. The Morgan fingerprint density at radius 1 is 1.21 bits per heavy atom. The fourth-order valence-electron chi connectivity index (χ4n) is 4.52. The first-order chi connectivity index (χ1) is 13.3. The van der Waals surface area contributed by atoms with Crippen molar-refractivity contribution in [3.05, 3.63) is 28.2 Å². The van der Waals surface area contributed by atoms with Gasteiger partial charge in [0.2, 0.25) is 17.1 Å². The van der Waals surface area contributed by atoms with Crippen LogP contribution in [0.5, 0.6) is 5.75 Å². The van der Waals surface area contributed by atoms with Crippen LogP contribution in [0.4, 0.5) is 0 Å². The first-order valence-electron chi connectivity index (χ1n) is 8.92. The van der Waals surface area contributed by atoms with E-state index in [0.717, 1.165) is 0 Å². The van der Waals surface area contributed by atoms with Gasteiger partial charge >= 0.3 is 0 Å². The molecule has 2 aliphatic heterocycles. The highest BCUT2D eigenvalue weighted by Crippen LogP contribution is 2.67. The summed E-state index contributed by atoms with van der Waals surface area (Å²) in [6.45, 7) is 5.67. The van der Waals surface area contributed by atoms with Crippen LogP contribution >= 0.6 is 15.9 Å². The Labute approximate surface area is 172 Å². The van der Waals surface area contributed by atoms with Crippen molar-refractivity contribution in [2.45, 2.75) is 39.1 Å². The molecule has 7 nitrogen and oxygen atoms in total. The van der Waals surface area contributed by atoms with Crippen molar-refractivity contribution in [3.8, 4) is 24.0 Å². The lowest BCUT2D eigenvalue weighted by atomic mass is 9.53. The van der Waals surface area contributed by atoms with E-state index in [0.29, 0.717) is 28.8 Å². The summed E-state index contributed by atoms with van der Waals surface area (Å²) in [7, 11) is 0. The van der Waals surface area contributed by atoms with Crippen LogP contribution in [0.3, 0.4) is 0 Å². The monoisotopic (exact) mass is 442 g/mol. The van der Waals surface area contributed by atoms with Gasteiger partial charge in [-0.3, -0.25) is 5.41 Å². The molecule has 4 atom stereocenters. The summed E-state index contributed by atoms with van der Waals surface area (Å²) in [5.41, 5.74) is -3.28. The second-order valence-electron chi connectivity index (χ2n) is 6.97. The largest absolute Gasteiger partial charge is 0.493 e. The summed E-state index contributed by atoms with van der Waals surface area (Å²) in [6.07, 6.45) is -0.738. The fourth-order valence-corrected chi connectivity index (χ4v) is 4.89. The summed E-state index contributed by atoms with van der Waals surface area (Å²) in [5, 5.41) is 39.0. The number of halogens is 1. The van der Waals surface area contributed by atoms with E-state index in [4.69, 9.17) is 19.6 Å². The Morgan fingerprint density at radius 2 is 1.89 bits per heavy atom. The quantitative estimate of drug-likeness (QED) is 0.744. The lowest BCUT2D eigenvalue weighted by Gasteiger charge is -2.48. The minimum atomic E-state index is -1.98. The van der Waals surface area contributed by atoms with E-state index in [1.165, 1.54) is 0 Å². The molecule has 2 bridgehead atoms. The highest BCUT2D eigenvalue weighted by Gasteiger charge is 2.79. The van der Waals surface area contributed by atoms with Crippen molar-refractivity contribution < 1.29 is 14.2 Å². The molecule has 0 saturated carbocycles. The van der Waals surface area contributed by atoms with Gasteiger partial charge in [-0.25, -0.2) is 0 Å². The van der Waals surface area contributed by atoms with Crippen LogP contribution < -0.4 is 4.74 Å². The van der Waals surface area contributed by atoms with Gasteiger partial charge in [0, 0.05) is 17.0 Å². The zero-order valence-electron chi connectivity index (χ0n) is 15.7. The number of nitriles is 3. The fraction of sp³-hybridized carbons (Fsp3) is 0.500. The summed E-state index contributed by atoms with van der Waals surface area (Å²) >= 11 is 3.41. The first kappa shape index (κ1) is 20.1. The SMILES string of the molecule is CCOc1ccc(Br)cc1C1OC2(C)OC(=N)C(C#N)(C2CC)C1(C#N)C#N. The number of hydrogen-bond acceptors (Lipinski definition) is 7.